The number of oxime groups is 1. The standard InChI is InChI=1S/C13H21N5O2/c1-3-10-8-11(17(2)15-10)13(19)18-6-4-9(5-7-18)12(14)16-20/h8-9,20H,3-7H2,1-2H3,(H2,14,16). The van der Waals surface area contributed by atoms with E-state index in [9.17, 15) is 4.79 Å². The van der Waals surface area contributed by atoms with Crippen molar-refractivity contribution >= 4 is 11.7 Å². The second kappa shape index (κ2) is 5.94. The predicted octanol–water partition coefficient (Wildman–Crippen LogP) is 0.581. The summed E-state index contributed by atoms with van der Waals surface area (Å²) < 4.78 is 1.64. The first-order valence-corrected chi connectivity index (χ1v) is 6.86. The molecule has 3 N–H and O–H groups in total. The highest BCUT2D eigenvalue weighted by molar-refractivity contribution is 5.93. The highest BCUT2D eigenvalue weighted by Crippen LogP contribution is 2.19. The molecule has 0 saturated carbocycles. The zero-order valence-electron chi connectivity index (χ0n) is 11.9. The third-order valence-electron chi connectivity index (χ3n) is 3.83. The molecule has 110 valence electrons. The molecule has 0 bridgehead atoms. The Labute approximate surface area is 118 Å². The van der Waals surface area contributed by atoms with E-state index in [1.165, 1.54) is 0 Å². The maximum atomic E-state index is 12.5. The molecule has 1 aromatic heterocycles. The molecule has 20 heavy (non-hydrogen) atoms. The molecule has 1 aliphatic rings. The Kier molecular flexibility index (Phi) is 4.26. The Hall–Kier alpha value is -2.05. The Morgan fingerprint density at radius 3 is 2.70 bits per heavy atom. The molecule has 0 atom stereocenters. The van der Waals surface area contributed by atoms with Crippen LogP contribution < -0.4 is 5.73 Å². The normalized spacial score (nSPS) is 17.5. The highest BCUT2D eigenvalue weighted by atomic mass is 16.4. The number of nitrogens with two attached hydrogens (primary N) is 1. The molecular weight excluding hydrogens is 258 g/mol. The molecule has 1 amide bonds. The van der Waals surface area contributed by atoms with Crippen LogP contribution in [0.1, 0.15) is 35.9 Å². The summed E-state index contributed by atoms with van der Waals surface area (Å²) in [5.41, 5.74) is 7.14. The van der Waals surface area contributed by atoms with Gasteiger partial charge in [0.15, 0.2) is 0 Å². The van der Waals surface area contributed by atoms with Crippen LogP contribution >= 0.6 is 0 Å². The van der Waals surface area contributed by atoms with Crippen LogP contribution in [-0.2, 0) is 13.5 Å². The third kappa shape index (κ3) is 2.76. The number of piperidine rings is 1. The van der Waals surface area contributed by atoms with Gasteiger partial charge in [0.05, 0.1) is 5.69 Å². The monoisotopic (exact) mass is 279 g/mol. The van der Waals surface area contributed by atoms with Crippen molar-refractivity contribution in [3.63, 3.8) is 0 Å². The van der Waals surface area contributed by atoms with Crippen LogP contribution in [0.2, 0.25) is 0 Å². The van der Waals surface area contributed by atoms with Gasteiger partial charge in [0.1, 0.15) is 11.5 Å². The molecule has 1 fully saturated rings. The van der Waals surface area contributed by atoms with Crippen LogP contribution in [0.15, 0.2) is 11.2 Å². The van der Waals surface area contributed by atoms with Crippen LogP contribution in [0.4, 0.5) is 0 Å². The maximum absolute atomic E-state index is 12.5. The Morgan fingerprint density at radius 1 is 1.55 bits per heavy atom. The van der Waals surface area contributed by atoms with Crippen molar-refractivity contribution < 1.29 is 10.0 Å². The topological polar surface area (TPSA) is 96.7 Å². The lowest BCUT2D eigenvalue weighted by molar-refractivity contribution is 0.0698. The van der Waals surface area contributed by atoms with Crippen LogP contribution in [0.25, 0.3) is 0 Å². The molecule has 7 nitrogen and oxygen atoms in total. The number of rotatable bonds is 3. The number of likely N-dealkylation sites (tertiary alicyclic amines) is 1. The number of carbonyl (C=O) groups excluding carboxylic acids is 1. The van der Waals surface area contributed by atoms with E-state index < -0.39 is 0 Å². The lowest BCUT2D eigenvalue weighted by Gasteiger charge is -2.31. The van der Waals surface area contributed by atoms with E-state index in [1.54, 1.807) is 16.6 Å². The molecule has 1 aromatic rings. The number of nitrogens with zero attached hydrogens (tertiary/aromatic N) is 4. The van der Waals surface area contributed by atoms with E-state index in [4.69, 9.17) is 10.9 Å². The number of amides is 1. The number of aromatic nitrogens is 2. The smallest absolute Gasteiger partial charge is 0.272 e. The minimum absolute atomic E-state index is 0.00217. The fourth-order valence-electron chi connectivity index (χ4n) is 2.52. The van der Waals surface area contributed by atoms with Crippen molar-refractivity contribution in [3.8, 4) is 0 Å². The molecule has 0 aliphatic carbocycles. The van der Waals surface area contributed by atoms with E-state index in [2.05, 4.69) is 10.3 Å². The molecule has 2 rings (SSSR count). The van der Waals surface area contributed by atoms with Gasteiger partial charge in [-0.05, 0) is 25.3 Å². The van der Waals surface area contributed by atoms with Gasteiger partial charge in [-0.1, -0.05) is 12.1 Å². The van der Waals surface area contributed by atoms with Gasteiger partial charge in [-0.15, -0.1) is 0 Å². The van der Waals surface area contributed by atoms with Gasteiger partial charge in [0, 0.05) is 26.1 Å². The molecule has 7 heteroatoms. The summed E-state index contributed by atoms with van der Waals surface area (Å²) in [6.07, 6.45) is 2.26. The SMILES string of the molecule is CCc1cc(C(=O)N2CCC(C(N)=NO)CC2)n(C)n1. The van der Waals surface area contributed by atoms with Crippen molar-refractivity contribution in [2.24, 2.45) is 23.9 Å². The molecule has 2 heterocycles. The number of aryl methyl sites for hydroxylation is 2. The predicted molar refractivity (Wildman–Crippen MR) is 74.6 cm³/mol. The Balaban J connectivity index is 2.03. The van der Waals surface area contributed by atoms with E-state index in [1.807, 2.05) is 13.0 Å². The molecule has 0 aromatic carbocycles. The molecule has 0 spiro atoms. The number of carbonyl (C=O) groups is 1. The second-order valence-corrected chi connectivity index (χ2v) is 5.09. The van der Waals surface area contributed by atoms with Crippen molar-refractivity contribution in [2.75, 3.05) is 13.1 Å². The van der Waals surface area contributed by atoms with Crippen LogP contribution in [-0.4, -0.2) is 44.7 Å². The quantitative estimate of drug-likeness (QED) is 0.366. The zero-order chi connectivity index (χ0) is 14.7. The maximum Gasteiger partial charge on any atom is 0.272 e. The van der Waals surface area contributed by atoms with Crippen molar-refractivity contribution in [1.29, 1.82) is 0 Å². The number of amidine groups is 1. The minimum atomic E-state index is -0.00217. The minimum Gasteiger partial charge on any atom is -0.409 e. The van der Waals surface area contributed by atoms with Crippen molar-refractivity contribution in [3.05, 3.63) is 17.5 Å². The first-order chi connectivity index (χ1) is 9.56. The molecule has 1 saturated heterocycles. The van der Waals surface area contributed by atoms with E-state index in [-0.39, 0.29) is 17.7 Å². The van der Waals surface area contributed by atoms with Crippen molar-refractivity contribution in [2.45, 2.75) is 26.2 Å². The van der Waals surface area contributed by atoms with Gasteiger partial charge in [-0.3, -0.25) is 9.48 Å². The summed E-state index contributed by atoms with van der Waals surface area (Å²) in [5, 5.41) is 16.0. The summed E-state index contributed by atoms with van der Waals surface area (Å²) in [4.78, 5) is 14.3. The average molecular weight is 279 g/mol. The first-order valence-electron chi connectivity index (χ1n) is 6.86. The highest BCUT2D eigenvalue weighted by Gasteiger charge is 2.27. The van der Waals surface area contributed by atoms with Gasteiger partial charge in [0.25, 0.3) is 5.91 Å². The number of hydrogen-bond acceptors (Lipinski definition) is 4. The summed E-state index contributed by atoms with van der Waals surface area (Å²) in [6, 6.07) is 1.85. The molecular formula is C13H21N5O2. The fourth-order valence-corrected chi connectivity index (χ4v) is 2.52. The molecule has 0 unspecified atom stereocenters. The van der Waals surface area contributed by atoms with Gasteiger partial charge < -0.3 is 15.8 Å². The summed E-state index contributed by atoms with van der Waals surface area (Å²) in [7, 11) is 1.79. The van der Waals surface area contributed by atoms with Gasteiger partial charge >= 0.3 is 0 Å². The van der Waals surface area contributed by atoms with E-state index in [0.717, 1.165) is 25.0 Å². The summed E-state index contributed by atoms with van der Waals surface area (Å²) >= 11 is 0. The van der Waals surface area contributed by atoms with E-state index >= 15 is 0 Å². The average Bonchev–Trinajstić information content (AvgIpc) is 2.87. The van der Waals surface area contributed by atoms with Gasteiger partial charge in [0.2, 0.25) is 0 Å². The Bertz CT molecular complexity index is 515. The van der Waals surface area contributed by atoms with Crippen molar-refractivity contribution in [1.82, 2.24) is 14.7 Å². The lowest BCUT2D eigenvalue weighted by Crippen LogP contribution is -2.42. The molecule has 1 aliphatic heterocycles. The fraction of sp³-hybridized carbons (Fsp3) is 0.615. The van der Waals surface area contributed by atoms with Crippen LogP contribution in [0.5, 0.6) is 0 Å². The third-order valence-corrected chi connectivity index (χ3v) is 3.83. The van der Waals surface area contributed by atoms with Gasteiger partial charge in [-0.2, -0.15) is 5.10 Å². The van der Waals surface area contributed by atoms with Crippen LogP contribution in [0, 0.1) is 5.92 Å². The number of hydrogen-bond donors (Lipinski definition) is 2. The molecule has 0 radical (unpaired) electrons. The van der Waals surface area contributed by atoms with E-state index in [0.29, 0.717) is 18.8 Å². The second-order valence-electron chi connectivity index (χ2n) is 5.09. The largest absolute Gasteiger partial charge is 0.409 e. The first kappa shape index (κ1) is 14.4. The van der Waals surface area contributed by atoms with Gasteiger partial charge in [-0.25, -0.2) is 0 Å². The lowest BCUT2D eigenvalue weighted by atomic mass is 9.95. The zero-order valence-corrected chi connectivity index (χ0v) is 11.9. The Morgan fingerprint density at radius 2 is 2.20 bits per heavy atom. The summed E-state index contributed by atoms with van der Waals surface area (Å²) in [5.74, 6) is 0.311. The van der Waals surface area contributed by atoms with Crippen LogP contribution in [0.3, 0.4) is 0 Å². The summed E-state index contributed by atoms with van der Waals surface area (Å²) in [6.45, 7) is 3.25.